The van der Waals surface area contributed by atoms with Crippen LogP contribution in [0.3, 0.4) is 0 Å². The lowest BCUT2D eigenvalue weighted by Gasteiger charge is -2.30. The number of carbonyl (C=O) groups excluding carboxylic acids is 3. The van der Waals surface area contributed by atoms with E-state index in [-0.39, 0.29) is 29.2 Å². The summed E-state index contributed by atoms with van der Waals surface area (Å²) in [5, 5.41) is 2.97. The molecule has 1 aromatic heterocycles. The van der Waals surface area contributed by atoms with Gasteiger partial charge in [-0.25, -0.2) is 4.98 Å². The van der Waals surface area contributed by atoms with E-state index < -0.39 is 6.04 Å². The summed E-state index contributed by atoms with van der Waals surface area (Å²) in [5.74, 6) is -0.235. The molecule has 1 aliphatic heterocycles. The number of imidazole rings is 1. The number of hydrogen-bond acceptors (Lipinski definition) is 4. The summed E-state index contributed by atoms with van der Waals surface area (Å²) < 4.78 is 1.65. The summed E-state index contributed by atoms with van der Waals surface area (Å²) in [5.41, 5.74) is 0.114. The fourth-order valence-electron chi connectivity index (χ4n) is 3.73. The minimum absolute atomic E-state index is 0.0325. The normalized spacial score (nSPS) is 23.2. The Morgan fingerprint density at radius 2 is 1.96 bits per heavy atom. The monoisotopic (exact) mass is 375 g/mol. The van der Waals surface area contributed by atoms with Crippen LogP contribution in [0.15, 0.2) is 12.5 Å². The third kappa shape index (κ3) is 3.70. The minimum Gasteiger partial charge on any atom is -0.346 e. The standard InChI is InChI=1S/C19H29N5O3/c1-5-23(6-2)17(26)14-9-13(11-24(14)18(27)19(3)7-8-19)21-16(25)15-10-20-12-22(15)4/h10,12-14H,5-9,11H2,1-4H3,(H,21,25). The molecule has 0 aromatic carbocycles. The number of hydrogen-bond donors (Lipinski definition) is 1. The van der Waals surface area contributed by atoms with Gasteiger partial charge < -0.3 is 19.7 Å². The van der Waals surface area contributed by atoms with Gasteiger partial charge in [-0.1, -0.05) is 6.92 Å². The number of amides is 3. The second-order valence-corrected chi connectivity index (χ2v) is 7.84. The number of aryl methyl sites for hydroxylation is 1. The zero-order valence-electron chi connectivity index (χ0n) is 16.6. The average Bonchev–Trinajstić information content (AvgIpc) is 3.06. The SMILES string of the molecule is CCN(CC)C(=O)C1CC(NC(=O)c2cncn2C)CN1C(=O)C1(C)CC1. The highest BCUT2D eigenvalue weighted by Gasteiger charge is 2.52. The first-order valence-corrected chi connectivity index (χ1v) is 9.67. The van der Waals surface area contributed by atoms with E-state index in [1.54, 1.807) is 27.7 Å². The Morgan fingerprint density at radius 1 is 1.30 bits per heavy atom. The van der Waals surface area contributed by atoms with Gasteiger partial charge in [0, 0.05) is 38.1 Å². The highest BCUT2D eigenvalue weighted by molar-refractivity contribution is 5.94. The van der Waals surface area contributed by atoms with Crippen molar-refractivity contribution in [1.29, 1.82) is 0 Å². The maximum atomic E-state index is 13.0. The maximum Gasteiger partial charge on any atom is 0.269 e. The van der Waals surface area contributed by atoms with Crippen molar-refractivity contribution < 1.29 is 14.4 Å². The van der Waals surface area contributed by atoms with Crippen molar-refractivity contribution in [2.75, 3.05) is 19.6 Å². The van der Waals surface area contributed by atoms with E-state index in [0.717, 1.165) is 12.8 Å². The van der Waals surface area contributed by atoms with Crippen LogP contribution in [0.2, 0.25) is 0 Å². The zero-order valence-corrected chi connectivity index (χ0v) is 16.6. The molecular weight excluding hydrogens is 346 g/mol. The first kappa shape index (κ1) is 19.4. The molecule has 0 bridgehead atoms. The van der Waals surface area contributed by atoms with Gasteiger partial charge in [0.2, 0.25) is 11.8 Å². The van der Waals surface area contributed by atoms with E-state index in [9.17, 15) is 14.4 Å². The predicted octanol–water partition coefficient (Wildman–Crippen LogP) is 0.788. The molecule has 2 unspecified atom stereocenters. The van der Waals surface area contributed by atoms with Crippen LogP contribution < -0.4 is 5.32 Å². The van der Waals surface area contributed by atoms with Gasteiger partial charge in [-0.05, 0) is 33.1 Å². The van der Waals surface area contributed by atoms with Crippen molar-refractivity contribution in [3.05, 3.63) is 18.2 Å². The molecule has 2 fully saturated rings. The molecule has 2 heterocycles. The Bertz CT molecular complexity index is 735. The van der Waals surface area contributed by atoms with Crippen LogP contribution in [0.1, 0.15) is 50.5 Å². The first-order chi connectivity index (χ1) is 12.8. The number of likely N-dealkylation sites (N-methyl/N-ethyl adjacent to an activating group) is 1. The average molecular weight is 375 g/mol. The van der Waals surface area contributed by atoms with Gasteiger partial charge in [0.15, 0.2) is 0 Å². The summed E-state index contributed by atoms with van der Waals surface area (Å²) in [6.45, 7) is 7.42. The summed E-state index contributed by atoms with van der Waals surface area (Å²) in [7, 11) is 1.76. The van der Waals surface area contributed by atoms with E-state index in [2.05, 4.69) is 10.3 Å². The molecule has 8 heteroatoms. The highest BCUT2D eigenvalue weighted by Crippen LogP contribution is 2.47. The molecule has 2 aliphatic rings. The van der Waals surface area contributed by atoms with Crippen molar-refractivity contribution in [3.63, 3.8) is 0 Å². The number of rotatable bonds is 6. The fourth-order valence-corrected chi connectivity index (χ4v) is 3.73. The Kier molecular flexibility index (Phi) is 5.26. The lowest BCUT2D eigenvalue weighted by molar-refractivity contribution is -0.146. The van der Waals surface area contributed by atoms with E-state index in [1.165, 1.54) is 6.20 Å². The van der Waals surface area contributed by atoms with Crippen LogP contribution in [-0.2, 0) is 16.6 Å². The summed E-state index contributed by atoms with van der Waals surface area (Å²) in [4.78, 5) is 45.9. The molecule has 1 N–H and O–H groups in total. The van der Waals surface area contributed by atoms with E-state index in [0.29, 0.717) is 31.7 Å². The quantitative estimate of drug-likeness (QED) is 0.796. The van der Waals surface area contributed by atoms with Gasteiger partial charge >= 0.3 is 0 Å². The van der Waals surface area contributed by atoms with Crippen LogP contribution in [0.4, 0.5) is 0 Å². The van der Waals surface area contributed by atoms with Gasteiger partial charge in [0.05, 0.1) is 12.5 Å². The van der Waals surface area contributed by atoms with Gasteiger partial charge in [-0.3, -0.25) is 14.4 Å². The number of likely N-dealkylation sites (tertiary alicyclic amines) is 1. The summed E-state index contributed by atoms with van der Waals surface area (Å²) in [6, 6.07) is -0.755. The minimum atomic E-state index is -0.508. The van der Waals surface area contributed by atoms with Gasteiger partial charge in [-0.2, -0.15) is 0 Å². The lowest BCUT2D eigenvalue weighted by Crippen LogP contribution is -2.49. The Balaban J connectivity index is 1.76. The summed E-state index contributed by atoms with van der Waals surface area (Å²) >= 11 is 0. The molecule has 1 saturated carbocycles. The molecular formula is C19H29N5O3. The van der Waals surface area contributed by atoms with Crippen molar-refractivity contribution in [3.8, 4) is 0 Å². The van der Waals surface area contributed by atoms with Crippen LogP contribution >= 0.6 is 0 Å². The smallest absolute Gasteiger partial charge is 0.269 e. The van der Waals surface area contributed by atoms with Crippen LogP contribution in [0, 0.1) is 5.41 Å². The van der Waals surface area contributed by atoms with Crippen LogP contribution in [0.25, 0.3) is 0 Å². The molecule has 2 atom stereocenters. The highest BCUT2D eigenvalue weighted by atomic mass is 16.2. The third-order valence-electron chi connectivity index (χ3n) is 5.82. The van der Waals surface area contributed by atoms with Gasteiger partial charge in [0.1, 0.15) is 11.7 Å². The third-order valence-corrected chi connectivity index (χ3v) is 5.82. The van der Waals surface area contributed by atoms with Crippen LogP contribution in [-0.4, -0.2) is 68.8 Å². The molecule has 27 heavy (non-hydrogen) atoms. The largest absolute Gasteiger partial charge is 0.346 e. The van der Waals surface area contributed by atoms with E-state index in [4.69, 9.17) is 0 Å². The number of carbonyl (C=O) groups is 3. The molecule has 8 nitrogen and oxygen atoms in total. The molecule has 3 amide bonds. The second-order valence-electron chi connectivity index (χ2n) is 7.84. The van der Waals surface area contributed by atoms with Crippen molar-refractivity contribution in [2.45, 2.75) is 52.1 Å². The molecule has 3 rings (SSSR count). The molecule has 1 aromatic rings. The second kappa shape index (κ2) is 7.32. The van der Waals surface area contributed by atoms with Crippen LogP contribution in [0.5, 0.6) is 0 Å². The zero-order chi connectivity index (χ0) is 19.8. The number of nitrogens with one attached hydrogen (secondary N) is 1. The summed E-state index contributed by atoms with van der Waals surface area (Å²) in [6.07, 6.45) is 5.25. The molecule has 1 saturated heterocycles. The van der Waals surface area contributed by atoms with Gasteiger partial charge in [-0.15, -0.1) is 0 Å². The number of aromatic nitrogens is 2. The number of nitrogens with zero attached hydrogens (tertiary/aromatic N) is 4. The Hall–Kier alpha value is -2.38. The lowest BCUT2D eigenvalue weighted by atomic mass is 10.1. The fraction of sp³-hybridized carbons (Fsp3) is 0.684. The van der Waals surface area contributed by atoms with Crippen molar-refractivity contribution in [1.82, 2.24) is 24.7 Å². The maximum absolute atomic E-state index is 13.0. The molecule has 0 radical (unpaired) electrons. The topological polar surface area (TPSA) is 87.5 Å². The van der Waals surface area contributed by atoms with Gasteiger partial charge in [0.25, 0.3) is 5.91 Å². The molecule has 148 valence electrons. The first-order valence-electron chi connectivity index (χ1n) is 9.67. The molecule has 1 aliphatic carbocycles. The molecule has 0 spiro atoms. The van der Waals surface area contributed by atoms with E-state index >= 15 is 0 Å². The van der Waals surface area contributed by atoms with Crippen molar-refractivity contribution in [2.24, 2.45) is 12.5 Å². The predicted molar refractivity (Wildman–Crippen MR) is 99.8 cm³/mol. The Morgan fingerprint density at radius 3 is 2.48 bits per heavy atom. The van der Waals surface area contributed by atoms with E-state index in [1.807, 2.05) is 20.8 Å². The Labute approximate surface area is 159 Å². The van der Waals surface area contributed by atoms with Crippen molar-refractivity contribution >= 4 is 17.7 Å².